The molecule has 0 aliphatic rings. The van der Waals surface area contributed by atoms with Crippen molar-refractivity contribution < 1.29 is 0 Å². The number of hydrogen-bond acceptors (Lipinski definition) is 5. The van der Waals surface area contributed by atoms with E-state index >= 15 is 0 Å². The molecule has 82 valence electrons. The van der Waals surface area contributed by atoms with E-state index in [-0.39, 0.29) is 0 Å². The van der Waals surface area contributed by atoms with Gasteiger partial charge in [0, 0.05) is 5.75 Å². The predicted octanol–water partition coefficient (Wildman–Crippen LogP) is 2.59. The van der Waals surface area contributed by atoms with Crippen LogP contribution in [0.4, 0.5) is 0 Å². The number of hydrogen-bond donors (Lipinski definition) is 0. The summed E-state index contributed by atoms with van der Waals surface area (Å²) in [5.41, 5.74) is 0.967. The van der Waals surface area contributed by atoms with Crippen molar-refractivity contribution in [3.05, 3.63) is 43.0 Å². The molecule has 0 unspecified atom stereocenters. The Morgan fingerprint density at radius 2 is 2.12 bits per heavy atom. The molecule has 1 aromatic carbocycles. The second-order valence-corrected chi connectivity index (χ2v) is 5.17. The van der Waals surface area contributed by atoms with E-state index in [0.29, 0.717) is 0 Å². The van der Waals surface area contributed by atoms with Crippen LogP contribution in [0.5, 0.6) is 0 Å². The molecular weight excluding hydrogens is 240 g/mol. The lowest BCUT2D eigenvalue weighted by Gasteiger charge is -2.01. The summed E-state index contributed by atoms with van der Waals surface area (Å²) in [5, 5.41) is 12.4. The fraction of sp³-hybridized carbons (Fsp3) is 0.100. The molecule has 0 saturated carbocycles. The Kier molecular flexibility index (Phi) is 4.01. The van der Waals surface area contributed by atoms with Gasteiger partial charge < -0.3 is 0 Å². The van der Waals surface area contributed by atoms with E-state index < -0.39 is 0 Å². The molecule has 2 rings (SSSR count). The first-order chi connectivity index (χ1) is 7.92. The molecule has 2 aromatic rings. The van der Waals surface area contributed by atoms with Gasteiger partial charge >= 0.3 is 0 Å². The Hall–Kier alpha value is -1.27. The van der Waals surface area contributed by atoms with Crippen molar-refractivity contribution in [1.29, 1.82) is 0 Å². The third kappa shape index (κ3) is 2.65. The van der Waals surface area contributed by atoms with Crippen molar-refractivity contribution in [2.24, 2.45) is 0 Å². The van der Waals surface area contributed by atoms with E-state index in [1.807, 2.05) is 36.4 Å². The van der Waals surface area contributed by atoms with E-state index in [4.69, 9.17) is 0 Å². The highest BCUT2D eigenvalue weighted by atomic mass is 33.1. The number of benzene rings is 1. The Labute approximate surface area is 102 Å². The van der Waals surface area contributed by atoms with Gasteiger partial charge in [-0.1, -0.05) is 35.1 Å². The lowest BCUT2D eigenvalue weighted by atomic mass is 10.3. The fourth-order valence-corrected chi connectivity index (χ4v) is 2.77. The molecule has 0 radical (unpaired) electrons. The molecule has 0 bridgehead atoms. The monoisotopic (exact) mass is 250 g/mol. The molecule has 0 atom stereocenters. The zero-order valence-corrected chi connectivity index (χ0v) is 10.1. The van der Waals surface area contributed by atoms with Gasteiger partial charge in [0.05, 0.1) is 5.69 Å². The highest BCUT2D eigenvalue weighted by molar-refractivity contribution is 8.76. The third-order valence-electron chi connectivity index (χ3n) is 1.76. The smallest absolute Gasteiger partial charge is 0.187 e. The molecule has 0 fully saturated rings. The first-order valence-corrected chi connectivity index (χ1v) is 6.98. The Morgan fingerprint density at radius 1 is 1.31 bits per heavy atom. The summed E-state index contributed by atoms with van der Waals surface area (Å²) in [6.07, 6.45) is 1.86. The summed E-state index contributed by atoms with van der Waals surface area (Å²) in [5.74, 6) is 0.867. The Bertz CT molecular complexity index is 455. The van der Waals surface area contributed by atoms with E-state index in [1.54, 1.807) is 26.3 Å². The van der Waals surface area contributed by atoms with Crippen LogP contribution in [0.3, 0.4) is 0 Å². The molecule has 0 amide bonds. The van der Waals surface area contributed by atoms with Crippen LogP contribution in [-0.4, -0.2) is 26.0 Å². The molecule has 4 nitrogen and oxygen atoms in total. The van der Waals surface area contributed by atoms with E-state index in [2.05, 4.69) is 22.1 Å². The molecule has 0 aliphatic heterocycles. The average Bonchev–Trinajstić information content (AvgIpc) is 2.79. The minimum absolute atomic E-state index is 0.776. The second kappa shape index (κ2) is 5.72. The van der Waals surface area contributed by atoms with Gasteiger partial charge in [0.1, 0.15) is 0 Å². The normalized spacial score (nSPS) is 10.2. The maximum atomic E-state index is 3.97. The minimum atomic E-state index is 0.776. The van der Waals surface area contributed by atoms with Crippen molar-refractivity contribution in [3.63, 3.8) is 0 Å². The lowest BCUT2D eigenvalue weighted by molar-refractivity contribution is 0.758. The van der Waals surface area contributed by atoms with Crippen LogP contribution in [-0.2, 0) is 0 Å². The summed E-state index contributed by atoms with van der Waals surface area (Å²) >= 11 is 0. The lowest BCUT2D eigenvalue weighted by Crippen LogP contribution is -1.97. The summed E-state index contributed by atoms with van der Waals surface area (Å²) in [6.45, 7) is 3.67. The van der Waals surface area contributed by atoms with Crippen molar-refractivity contribution in [3.8, 4) is 5.69 Å². The van der Waals surface area contributed by atoms with Gasteiger partial charge in [-0.3, -0.25) is 0 Å². The van der Waals surface area contributed by atoms with Gasteiger partial charge in [0.15, 0.2) is 0 Å². The molecule has 1 heterocycles. The fourth-order valence-electron chi connectivity index (χ4n) is 1.10. The average molecular weight is 250 g/mol. The zero-order valence-electron chi connectivity index (χ0n) is 8.48. The van der Waals surface area contributed by atoms with Gasteiger partial charge in [-0.05, 0) is 33.4 Å². The molecule has 6 heteroatoms. The molecule has 0 saturated heterocycles. The predicted molar refractivity (Wildman–Crippen MR) is 67.7 cm³/mol. The number of nitrogens with zero attached hydrogens (tertiary/aromatic N) is 4. The van der Waals surface area contributed by atoms with Crippen molar-refractivity contribution in [2.75, 3.05) is 5.75 Å². The van der Waals surface area contributed by atoms with Gasteiger partial charge in [-0.25, -0.2) is 0 Å². The quantitative estimate of drug-likeness (QED) is 0.463. The van der Waals surface area contributed by atoms with Crippen LogP contribution >= 0.6 is 21.6 Å². The van der Waals surface area contributed by atoms with Crippen LogP contribution in [0.1, 0.15) is 0 Å². The largest absolute Gasteiger partial charge is 0.224 e. The van der Waals surface area contributed by atoms with Gasteiger partial charge in [-0.2, -0.15) is 4.68 Å². The molecule has 0 N–H and O–H groups in total. The van der Waals surface area contributed by atoms with Gasteiger partial charge in [0.25, 0.3) is 0 Å². The van der Waals surface area contributed by atoms with Crippen LogP contribution < -0.4 is 0 Å². The van der Waals surface area contributed by atoms with Crippen LogP contribution in [0.2, 0.25) is 0 Å². The van der Waals surface area contributed by atoms with E-state index in [0.717, 1.165) is 16.6 Å². The summed E-state index contributed by atoms with van der Waals surface area (Å²) < 4.78 is 1.72. The van der Waals surface area contributed by atoms with Crippen molar-refractivity contribution in [1.82, 2.24) is 20.2 Å². The summed E-state index contributed by atoms with van der Waals surface area (Å²) in [7, 11) is 3.20. The summed E-state index contributed by atoms with van der Waals surface area (Å²) in [6, 6.07) is 9.83. The van der Waals surface area contributed by atoms with Crippen molar-refractivity contribution >= 4 is 21.6 Å². The summed E-state index contributed by atoms with van der Waals surface area (Å²) in [4.78, 5) is 0. The Balaban J connectivity index is 2.16. The van der Waals surface area contributed by atoms with Crippen LogP contribution in [0.15, 0.2) is 48.1 Å². The van der Waals surface area contributed by atoms with Crippen LogP contribution in [0, 0.1) is 0 Å². The number of rotatable bonds is 5. The first-order valence-electron chi connectivity index (χ1n) is 4.66. The third-order valence-corrected chi connectivity index (χ3v) is 3.86. The maximum absolute atomic E-state index is 3.97. The maximum Gasteiger partial charge on any atom is 0.224 e. The first kappa shape index (κ1) is 11.2. The molecule has 0 aliphatic carbocycles. The van der Waals surface area contributed by atoms with E-state index in [9.17, 15) is 0 Å². The Morgan fingerprint density at radius 3 is 2.88 bits per heavy atom. The highest BCUT2D eigenvalue weighted by Gasteiger charge is 2.07. The van der Waals surface area contributed by atoms with E-state index in [1.165, 1.54) is 0 Å². The standard InChI is InChI=1S/C10H10N4S2/c1-2-8-15-16-10-11-12-13-14(10)9-6-4-3-5-7-9/h2-7H,1,8H2. The minimum Gasteiger partial charge on any atom is -0.187 e. The SMILES string of the molecule is C=CCSSc1nnnn1-c1ccccc1. The number of para-hydroxylation sites is 1. The molecule has 16 heavy (non-hydrogen) atoms. The van der Waals surface area contributed by atoms with Crippen molar-refractivity contribution in [2.45, 2.75) is 5.16 Å². The highest BCUT2D eigenvalue weighted by Crippen LogP contribution is 2.29. The molecular formula is C10H10N4S2. The number of tetrazole rings is 1. The van der Waals surface area contributed by atoms with Crippen LogP contribution in [0.25, 0.3) is 5.69 Å². The van der Waals surface area contributed by atoms with Gasteiger partial charge in [0.2, 0.25) is 5.16 Å². The topological polar surface area (TPSA) is 43.6 Å². The molecule has 1 aromatic heterocycles. The second-order valence-electron chi connectivity index (χ2n) is 2.87. The number of aromatic nitrogens is 4. The molecule has 0 spiro atoms. The van der Waals surface area contributed by atoms with Gasteiger partial charge in [-0.15, -0.1) is 11.7 Å². The zero-order chi connectivity index (χ0) is 11.2.